The molecule has 2 rings (SSSR count). The van der Waals surface area contributed by atoms with Gasteiger partial charge in [0, 0.05) is 17.8 Å². The van der Waals surface area contributed by atoms with Crippen LogP contribution >= 0.6 is 11.6 Å². The molecule has 0 saturated carbocycles. The van der Waals surface area contributed by atoms with Gasteiger partial charge < -0.3 is 10.3 Å². The Morgan fingerprint density at radius 2 is 1.82 bits per heavy atom. The van der Waals surface area contributed by atoms with Gasteiger partial charge in [0.25, 0.3) is 5.91 Å². The molecule has 0 aliphatic heterocycles. The lowest BCUT2D eigenvalue weighted by atomic mass is 10.1. The number of halogens is 4. The molecule has 1 amide bonds. The van der Waals surface area contributed by atoms with E-state index < -0.39 is 29.4 Å². The highest BCUT2D eigenvalue weighted by Crippen LogP contribution is 2.23. The van der Waals surface area contributed by atoms with Crippen LogP contribution in [0.4, 0.5) is 13.2 Å². The van der Waals surface area contributed by atoms with Crippen LogP contribution in [-0.2, 0) is 0 Å². The third kappa shape index (κ3) is 2.85. The van der Waals surface area contributed by atoms with Gasteiger partial charge in [0.1, 0.15) is 11.3 Å². The molecule has 1 atom stereocenters. The van der Waals surface area contributed by atoms with E-state index in [1.54, 1.807) is 0 Å². The molecule has 0 aliphatic rings. The number of pyridine rings is 1. The van der Waals surface area contributed by atoms with Crippen LogP contribution in [0.2, 0.25) is 5.02 Å². The molecule has 1 heterocycles. The van der Waals surface area contributed by atoms with Gasteiger partial charge in [0.05, 0.1) is 16.6 Å². The lowest BCUT2D eigenvalue weighted by Gasteiger charge is -2.19. The van der Waals surface area contributed by atoms with Crippen LogP contribution in [0.3, 0.4) is 0 Å². The Labute approximate surface area is 128 Å². The molecule has 0 bridgehead atoms. The minimum absolute atomic E-state index is 0.0969. The molecule has 3 N–H and O–H groups in total. The van der Waals surface area contributed by atoms with Crippen LogP contribution in [0.25, 0.3) is 0 Å². The first-order valence-corrected chi connectivity index (χ1v) is 6.50. The fourth-order valence-corrected chi connectivity index (χ4v) is 2.30. The summed E-state index contributed by atoms with van der Waals surface area (Å²) in [5.41, 5.74) is 4.49. The van der Waals surface area contributed by atoms with Crippen LogP contribution in [0.5, 0.6) is 0 Å². The quantitative estimate of drug-likeness (QED) is 0.835. The lowest BCUT2D eigenvalue weighted by molar-refractivity contribution is 0.0997. The summed E-state index contributed by atoms with van der Waals surface area (Å²) in [5, 5.41) is 8.03. The molecule has 1 aromatic carbocycles. The number of carbonyl (C=O) groups excluding carboxylic acids is 1. The zero-order valence-electron chi connectivity index (χ0n) is 11.3. The van der Waals surface area contributed by atoms with E-state index in [2.05, 4.69) is 0 Å². The van der Waals surface area contributed by atoms with Gasteiger partial charge in [-0.25, -0.2) is 13.2 Å². The monoisotopic (exact) mass is 329 g/mol. The highest BCUT2D eigenvalue weighted by Gasteiger charge is 2.19. The van der Waals surface area contributed by atoms with Crippen LogP contribution in [0, 0.1) is 22.9 Å². The van der Waals surface area contributed by atoms with Crippen molar-refractivity contribution in [2.24, 2.45) is 5.73 Å². The van der Waals surface area contributed by atoms with Gasteiger partial charge in [-0.3, -0.25) is 10.2 Å². The second kappa shape index (κ2) is 5.84. The lowest BCUT2D eigenvalue weighted by Crippen LogP contribution is -2.31. The molecule has 8 heteroatoms. The predicted molar refractivity (Wildman–Crippen MR) is 73.9 cm³/mol. The van der Waals surface area contributed by atoms with Gasteiger partial charge in [-0.15, -0.1) is 0 Å². The molecular weight excluding hydrogens is 319 g/mol. The highest BCUT2D eigenvalue weighted by molar-refractivity contribution is 6.30. The summed E-state index contributed by atoms with van der Waals surface area (Å²) in [5.74, 6) is -4.38. The zero-order valence-corrected chi connectivity index (χ0v) is 12.1. The van der Waals surface area contributed by atoms with Crippen LogP contribution in [-0.4, -0.2) is 10.5 Å². The van der Waals surface area contributed by atoms with Crippen molar-refractivity contribution in [1.82, 2.24) is 4.57 Å². The van der Waals surface area contributed by atoms with E-state index in [0.717, 1.165) is 4.57 Å². The molecule has 22 heavy (non-hydrogen) atoms. The van der Waals surface area contributed by atoms with E-state index in [4.69, 9.17) is 22.7 Å². The molecule has 0 spiro atoms. The largest absolute Gasteiger partial charge is 0.365 e. The normalized spacial score (nSPS) is 12.2. The Kier molecular flexibility index (Phi) is 4.27. The topological polar surface area (TPSA) is 71.9 Å². The fourth-order valence-electron chi connectivity index (χ4n) is 2.08. The Morgan fingerprint density at radius 3 is 2.41 bits per heavy atom. The fraction of sp³-hybridized carbons (Fsp3) is 0.143. The van der Waals surface area contributed by atoms with E-state index in [-0.39, 0.29) is 21.6 Å². The van der Waals surface area contributed by atoms with Crippen molar-refractivity contribution >= 4 is 17.5 Å². The van der Waals surface area contributed by atoms with E-state index in [1.807, 2.05) is 0 Å². The number of rotatable bonds is 3. The van der Waals surface area contributed by atoms with Crippen molar-refractivity contribution in [3.63, 3.8) is 0 Å². The molecule has 2 aromatic rings. The van der Waals surface area contributed by atoms with Crippen LogP contribution in [0.1, 0.15) is 28.9 Å². The maximum absolute atomic E-state index is 13.9. The van der Waals surface area contributed by atoms with E-state index in [0.29, 0.717) is 12.1 Å². The summed E-state index contributed by atoms with van der Waals surface area (Å²) in [6.07, 6.45) is 1.28. The number of hydrogen-bond acceptors (Lipinski definition) is 2. The molecule has 0 aliphatic carbocycles. The number of hydrogen-bond donors (Lipinski definition) is 2. The minimum atomic E-state index is -1.31. The molecule has 1 unspecified atom stereocenters. The van der Waals surface area contributed by atoms with Gasteiger partial charge in [-0.2, -0.15) is 0 Å². The van der Waals surface area contributed by atoms with Crippen LogP contribution < -0.4 is 11.2 Å². The summed E-state index contributed by atoms with van der Waals surface area (Å²) in [6.45, 7) is 1.45. The minimum Gasteiger partial charge on any atom is -0.365 e. The first-order chi connectivity index (χ1) is 10.2. The maximum Gasteiger partial charge on any atom is 0.252 e. The van der Waals surface area contributed by atoms with Gasteiger partial charge in [0.15, 0.2) is 11.6 Å². The first kappa shape index (κ1) is 16.1. The summed E-state index contributed by atoms with van der Waals surface area (Å²) in [7, 11) is 0. The Morgan fingerprint density at radius 1 is 1.23 bits per heavy atom. The van der Waals surface area contributed by atoms with Crippen molar-refractivity contribution in [2.45, 2.75) is 13.0 Å². The first-order valence-electron chi connectivity index (χ1n) is 6.13. The van der Waals surface area contributed by atoms with Crippen molar-refractivity contribution in [3.8, 4) is 0 Å². The van der Waals surface area contributed by atoms with Crippen LogP contribution in [0.15, 0.2) is 24.4 Å². The second-order valence-corrected chi connectivity index (χ2v) is 5.09. The summed E-state index contributed by atoms with van der Waals surface area (Å²) >= 11 is 5.85. The van der Waals surface area contributed by atoms with Gasteiger partial charge in [0.2, 0.25) is 0 Å². The number of carbonyl (C=O) groups is 1. The number of benzene rings is 1. The Balaban J connectivity index is 2.64. The third-order valence-corrected chi connectivity index (χ3v) is 3.44. The third-order valence-electron chi connectivity index (χ3n) is 3.23. The molecule has 4 nitrogen and oxygen atoms in total. The summed E-state index contributed by atoms with van der Waals surface area (Å²) in [6, 6.07) is 1.42. The average Bonchev–Trinajstić information content (AvgIpc) is 2.44. The number of primary amides is 1. The zero-order chi connectivity index (χ0) is 16.6. The second-order valence-electron chi connectivity index (χ2n) is 4.66. The van der Waals surface area contributed by atoms with E-state index >= 15 is 0 Å². The molecular formula is C14H11ClF3N3O. The van der Waals surface area contributed by atoms with E-state index in [1.165, 1.54) is 19.2 Å². The van der Waals surface area contributed by atoms with Crippen molar-refractivity contribution < 1.29 is 18.0 Å². The predicted octanol–water partition coefficient (Wildman–Crippen LogP) is 2.75. The van der Waals surface area contributed by atoms with Crippen molar-refractivity contribution in [1.29, 1.82) is 5.41 Å². The molecule has 1 aromatic heterocycles. The Bertz CT molecular complexity index is 820. The number of aromatic nitrogens is 1. The van der Waals surface area contributed by atoms with Gasteiger partial charge in [-0.1, -0.05) is 11.6 Å². The standard InChI is InChI=1S/C14H11ClF3N3O/c1-6(8-3-11(17)12(18)4-10(8)16)21-5-7(15)2-9(13(21)19)14(20)22/h2-6,19H,1H3,(H2,20,22). The highest BCUT2D eigenvalue weighted by atomic mass is 35.5. The summed E-state index contributed by atoms with van der Waals surface area (Å²) < 4.78 is 41.3. The SMILES string of the molecule is CC(c1cc(F)c(F)cc1F)n1cc(Cl)cc(C(N)=O)c1=N. The number of nitrogens with zero attached hydrogens (tertiary/aromatic N) is 1. The van der Waals surface area contributed by atoms with Crippen molar-refractivity contribution in [2.75, 3.05) is 0 Å². The molecule has 0 saturated heterocycles. The number of nitrogens with one attached hydrogen (secondary N) is 1. The maximum atomic E-state index is 13.9. The van der Waals surface area contributed by atoms with Crippen molar-refractivity contribution in [3.05, 3.63) is 63.5 Å². The smallest absolute Gasteiger partial charge is 0.252 e. The molecule has 116 valence electrons. The number of nitrogens with two attached hydrogens (primary N) is 1. The molecule has 0 radical (unpaired) electrons. The summed E-state index contributed by atoms with van der Waals surface area (Å²) in [4.78, 5) is 11.3. The molecule has 0 fully saturated rings. The Hall–Kier alpha value is -2.28. The van der Waals surface area contributed by atoms with E-state index in [9.17, 15) is 18.0 Å². The van der Waals surface area contributed by atoms with Gasteiger partial charge in [-0.05, 0) is 19.1 Å². The average molecular weight is 330 g/mol. The number of amides is 1. The van der Waals surface area contributed by atoms with Gasteiger partial charge >= 0.3 is 0 Å².